The number of nitrogen functional groups attached to an aromatic ring is 1. The molecule has 1 heterocycles. The number of rotatable bonds is 2. The van der Waals surface area contributed by atoms with E-state index in [1.807, 2.05) is 0 Å². The van der Waals surface area contributed by atoms with E-state index < -0.39 is 10.5 Å². The largest absolute Gasteiger partial charge is 0.398 e. The predicted octanol–water partition coefficient (Wildman–Crippen LogP) is 2.31. The molecule has 3 rings (SSSR count). The maximum absolute atomic E-state index is 11.0. The van der Waals surface area contributed by atoms with E-state index in [2.05, 4.69) is 4.90 Å². The first-order valence-electron chi connectivity index (χ1n) is 7.50. The third kappa shape index (κ3) is 2.68. The Kier molecular flexibility index (Phi) is 3.49. The van der Waals surface area contributed by atoms with Crippen molar-refractivity contribution >= 4 is 17.1 Å². The molecule has 0 spiro atoms. The number of aliphatic hydroxyl groups is 1. The summed E-state index contributed by atoms with van der Waals surface area (Å²) in [6.45, 7) is 1.46. The number of anilines is 2. The number of fused-ring (bicyclic) bond motifs is 1. The van der Waals surface area contributed by atoms with Gasteiger partial charge >= 0.3 is 0 Å². The predicted molar refractivity (Wildman–Crippen MR) is 81.2 cm³/mol. The first-order valence-corrected chi connectivity index (χ1v) is 7.50. The van der Waals surface area contributed by atoms with Gasteiger partial charge in [0.05, 0.1) is 10.5 Å². The highest BCUT2D eigenvalue weighted by Crippen LogP contribution is 2.41. The number of nitrogens with zero attached hydrogens (tertiary/aromatic N) is 2. The lowest BCUT2D eigenvalue weighted by molar-refractivity contribution is -0.384. The quantitative estimate of drug-likeness (QED) is 0.495. The minimum atomic E-state index is -0.541. The van der Waals surface area contributed by atoms with Crippen LogP contribution in [0.3, 0.4) is 0 Å². The van der Waals surface area contributed by atoms with Gasteiger partial charge in [-0.25, -0.2) is 0 Å². The fourth-order valence-electron chi connectivity index (χ4n) is 3.71. The number of piperidine rings is 1. The third-order valence-electron chi connectivity index (χ3n) is 4.93. The average Bonchev–Trinajstić information content (AvgIpc) is 2.45. The van der Waals surface area contributed by atoms with Crippen molar-refractivity contribution in [1.82, 2.24) is 0 Å². The molecule has 21 heavy (non-hydrogen) atoms. The van der Waals surface area contributed by atoms with Crippen LogP contribution in [-0.4, -0.2) is 28.7 Å². The second kappa shape index (κ2) is 5.18. The van der Waals surface area contributed by atoms with Crippen molar-refractivity contribution in [3.63, 3.8) is 0 Å². The van der Waals surface area contributed by atoms with E-state index in [0.29, 0.717) is 12.2 Å². The van der Waals surface area contributed by atoms with Crippen LogP contribution in [0.25, 0.3) is 0 Å². The SMILES string of the molecule is Nc1cc(N2CCC3(O)CCCCC3C2)cc([N+](=O)[O-])c1. The highest BCUT2D eigenvalue weighted by atomic mass is 16.6. The Morgan fingerprint density at radius 1 is 1.33 bits per heavy atom. The van der Waals surface area contributed by atoms with Crippen LogP contribution in [0.5, 0.6) is 0 Å². The van der Waals surface area contributed by atoms with E-state index in [1.54, 1.807) is 12.1 Å². The summed E-state index contributed by atoms with van der Waals surface area (Å²) in [4.78, 5) is 12.7. The van der Waals surface area contributed by atoms with Crippen molar-refractivity contribution in [1.29, 1.82) is 0 Å². The number of nitro benzene ring substituents is 1. The summed E-state index contributed by atoms with van der Waals surface area (Å²) in [5.74, 6) is 0.250. The highest BCUT2D eigenvalue weighted by Gasteiger charge is 2.42. The monoisotopic (exact) mass is 291 g/mol. The molecule has 114 valence electrons. The molecule has 6 nitrogen and oxygen atoms in total. The second-order valence-corrected chi connectivity index (χ2v) is 6.28. The summed E-state index contributed by atoms with van der Waals surface area (Å²) in [5.41, 5.74) is 6.46. The highest BCUT2D eigenvalue weighted by molar-refractivity contribution is 5.63. The zero-order valence-corrected chi connectivity index (χ0v) is 12.0. The van der Waals surface area contributed by atoms with Crippen LogP contribution in [0, 0.1) is 16.0 Å². The Labute approximate surface area is 123 Å². The van der Waals surface area contributed by atoms with E-state index in [9.17, 15) is 15.2 Å². The lowest BCUT2D eigenvalue weighted by Crippen LogP contribution is -2.53. The first kappa shape index (κ1) is 14.1. The second-order valence-electron chi connectivity index (χ2n) is 6.28. The Morgan fingerprint density at radius 2 is 2.14 bits per heavy atom. The molecule has 1 saturated heterocycles. The average molecular weight is 291 g/mol. The minimum absolute atomic E-state index is 0.0227. The maximum Gasteiger partial charge on any atom is 0.273 e. The molecule has 6 heteroatoms. The molecule has 2 fully saturated rings. The van der Waals surface area contributed by atoms with Crippen molar-refractivity contribution in [3.8, 4) is 0 Å². The molecule has 1 aromatic carbocycles. The molecule has 2 unspecified atom stereocenters. The summed E-state index contributed by atoms with van der Waals surface area (Å²) >= 11 is 0. The van der Waals surface area contributed by atoms with Gasteiger partial charge in [-0.05, 0) is 25.3 Å². The summed E-state index contributed by atoms with van der Waals surface area (Å²) in [5, 5.41) is 21.7. The molecule has 1 aliphatic carbocycles. The van der Waals surface area contributed by atoms with Gasteiger partial charge in [-0.3, -0.25) is 10.1 Å². The summed E-state index contributed by atoms with van der Waals surface area (Å²) < 4.78 is 0. The fraction of sp³-hybridized carbons (Fsp3) is 0.600. The molecule has 3 N–H and O–H groups in total. The Morgan fingerprint density at radius 3 is 2.90 bits per heavy atom. The summed E-state index contributed by atoms with van der Waals surface area (Å²) in [6.07, 6.45) is 4.87. The topological polar surface area (TPSA) is 92.6 Å². The normalized spacial score (nSPS) is 29.0. The number of hydrogen-bond donors (Lipinski definition) is 2. The standard InChI is InChI=1S/C15H21N3O3/c16-12-7-13(9-14(8-12)18(20)21)17-6-5-15(19)4-2-1-3-11(15)10-17/h7-9,11,19H,1-6,10,16H2. The Balaban J connectivity index is 1.83. The molecule has 0 amide bonds. The number of nitrogens with two attached hydrogens (primary N) is 1. The third-order valence-corrected chi connectivity index (χ3v) is 4.93. The van der Waals surface area contributed by atoms with Crippen molar-refractivity contribution < 1.29 is 10.0 Å². The first-order chi connectivity index (χ1) is 9.98. The van der Waals surface area contributed by atoms with E-state index in [0.717, 1.165) is 44.3 Å². The van der Waals surface area contributed by atoms with E-state index in [-0.39, 0.29) is 11.6 Å². The summed E-state index contributed by atoms with van der Waals surface area (Å²) in [7, 11) is 0. The van der Waals surface area contributed by atoms with Crippen LogP contribution in [0.4, 0.5) is 17.1 Å². The van der Waals surface area contributed by atoms with Crippen LogP contribution in [0.15, 0.2) is 18.2 Å². The number of hydrogen-bond acceptors (Lipinski definition) is 5. The van der Waals surface area contributed by atoms with Crippen molar-refractivity contribution in [3.05, 3.63) is 28.3 Å². The molecule has 0 radical (unpaired) electrons. The van der Waals surface area contributed by atoms with Crippen molar-refractivity contribution in [2.45, 2.75) is 37.7 Å². The minimum Gasteiger partial charge on any atom is -0.398 e. The smallest absolute Gasteiger partial charge is 0.273 e. The Bertz CT molecular complexity index is 563. The van der Waals surface area contributed by atoms with Crippen LogP contribution in [0.1, 0.15) is 32.1 Å². The van der Waals surface area contributed by atoms with Gasteiger partial charge in [-0.2, -0.15) is 0 Å². The van der Waals surface area contributed by atoms with Crippen LogP contribution >= 0.6 is 0 Å². The van der Waals surface area contributed by atoms with Gasteiger partial charge in [0.25, 0.3) is 5.69 Å². The molecule has 2 atom stereocenters. The van der Waals surface area contributed by atoms with E-state index >= 15 is 0 Å². The lowest BCUT2D eigenvalue weighted by atomic mass is 9.71. The lowest BCUT2D eigenvalue weighted by Gasteiger charge is -2.48. The summed E-state index contributed by atoms with van der Waals surface area (Å²) in [6, 6.07) is 4.73. The Hall–Kier alpha value is -1.82. The molecule has 1 saturated carbocycles. The van der Waals surface area contributed by atoms with Gasteiger partial charge in [-0.15, -0.1) is 0 Å². The molecular weight excluding hydrogens is 270 g/mol. The number of benzene rings is 1. The van der Waals surface area contributed by atoms with Gasteiger partial charge in [-0.1, -0.05) is 12.8 Å². The van der Waals surface area contributed by atoms with Gasteiger partial charge in [0.2, 0.25) is 0 Å². The molecule has 0 aromatic heterocycles. The molecule has 1 aliphatic heterocycles. The van der Waals surface area contributed by atoms with E-state index in [1.165, 1.54) is 6.07 Å². The molecule has 0 bridgehead atoms. The van der Waals surface area contributed by atoms with E-state index in [4.69, 9.17) is 5.73 Å². The molecule has 1 aromatic rings. The van der Waals surface area contributed by atoms with Crippen molar-refractivity contribution in [2.75, 3.05) is 23.7 Å². The van der Waals surface area contributed by atoms with Gasteiger partial charge in [0.1, 0.15) is 0 Å². The molecule has 2 aliphatic rings. The van der Waals surface area contributed by atoms with Gasteiger partial charge in [0.15, 0.2) is 0 Å². The van der Waals surface area contributed by atoms with Crippen LogP contribution in [-0.2, 0) is 0 Å². The number of non-ortho nitro benzene ring substituents is 1. The zero-order valence-electron chi connectivity index (χ0n) is 12.0. The number of nitro groups is 1. The van der Waals surface area contributed by atoms with Crippen LogP contribution < -0.4 is 10.6 Å². The fourth-order valence-corrected chi connectivity index (χ4v) is 3.71. The van der Waals surface area contributed by atoms with Crippen molar-refractivity contribution in [2.24, 2.45) is 5.92 Å². The van der Waals surface area contributed by atoms with Gasteiger partial charge < -0.3 is 15.7 Å². The maximum atomic E-state index is 11.0. The van der Waals surface area contributed by atoms with Gasteiger partial charge in [0, 0.05) is 42.5 Å². The zero-order chi connectivity index (χ0) is 15.0. The van der Waals surface area contributed by atoms with Crippen LogP contribution in [0.2, 0.25) is 0 Å². The molecular formula is C15H21N3O3.